The molecule has 0 aliphatic rings. The maximum absolute atomic E-state index is 11.0. The molecule has 0 fully saturated rings. The predicted octanol–water partition coefficient (Wildman–Crippen LogP) is 0.509. The zero-order valence-electron chi connectivity index (χ0n) is 6.44. The molecule has 0 aliphatic heterocycles. The molecule has 5 heteroatoms. The van der Waals surface area contributed by atoms with E-state index in [0.29, 0.717) is 0 Å². The molecule has 1 N–H and O–H groups in total. The quantitative estimate of drug-likeness (QED) is 0.645. The minimum absolute atomic E-state index is 0.288. The molecule has 0 spiro atoms. The molecule has 2 atom stereocenters. The Labute approximate surface area is 72.9 Å². The third-order valence-corrected chi connectivity index (χ3v) is 2.48. The molecule has 0 aliphatic carbocycles. The second kappa shape index (κ2) is 3.64. The molecule has 2 unspecified atom stereocenters. The Balaban J connectivity index is 2.88. The minimum Gasteiger partial charge on any atom is -0.616 e. The normalized spacial score (nSPS) is 15.5. The van der Waals surface area contributed by atoms with Gasteiger partial charge in [-0.05, 0) is 23.3 Å². The molecule has 0 saturated heterocycles. The van der Waals surface area contributed by atoms with Crippen LogP contribution in [0.3, 0.4) is 0 Å². The van der Waals surface area contributed by atoms with E-state index in [1.165, 1.54) is 12.5 Å². The molecule has 65 valence electrons. The van der Waals surface area contributed by atoms with Gasteiger partial charge >= 0.3 is 0 Å². The van der Waals surface area contributed by atoms with Crippen LogP contribution in [-0.4, -0.2) is 16.7 Å². The van der Waals surface area contributed by atoms with Crippen LogP contribution in [-0.2, 0) is 16.0 Å². The molecule has 0 aromatic carbocycles. The van der Waals surface area contributed by atoms with Crippen molar-refractivity contribution in [1.82, 2.24) is 5.73 Å². The van der Waals surface area contributed by atoms with E-state index < -0.39 is 22.3 Å². The second-order valence-corrected chi connectivity index (χ2v) is 3.73. The Hall–Kier alpha value is -0.940. The standard InChI is InChI=1S/C7H8NO3S/c1-12(10)6(7(8)9)5-3-2-4-11-5/h2-4,6,8H,1H3. The highest BCUT2D eigenvalue weighted by molar-refractivity contribution is 7.91. The van der Waals surface area contributed by atoms with E-state index in [1.807, 2.05) is 0 Å². The van der Waals surface area contributed by atoms with Gasteiger partial charge in [-0.1, -0.05) is 0 Å². The van der Waals surface area contributed by atoms with Crippen LogP contribution in [0.25, 0.3) is 0 Å². The summed E-state index contributed by atoms with van der Waals surface area (Å²) in [5.74, 6) is -0.596. The van der Waals surface area contributed by atoms with E-state index in [4.69, 9.17) is 10.2 Å². The van der Waals surface area contributed by atoms with Crippen LogP contribution >= 0.6 is 0 Å². The summed E-state index contributed by atoms with van der Waals surface area (Å²) in [6.45, 7) is 0. The number of amides is 1. The number of carbonyl (C=O) groups is 1. The van der Waals surface area contributed by atoms with Crippen molar-refractivity contribution in [1.29, 1.82) is 0 Å². The first-order chi connectivity index (χ1) is 5.63. The van der Waals surface area contributed by atoms with Gasteiger partial charge in [0.15, 0.2) is 5.76 Å². The van der Waals surface area contributed by atoms with E-state index in [0.717, 1.165) is 0 Å². The second-order valence-electron chi connectivity index (χ2n) is 2.26. The highest BCUT2D eigenvalue weighted by Gasteiger charge is 2.30. The summed E-state index contributed by atoms with van der Waals surface area (Å²) in [5.41, 5.74) is 6.85. The SMILES string of the molecule is C[S+]([O-])C(C([NH])=O)c1ccco1. The van der Waals surface area contributed by atoms with Gasteiger partial charge < -0.3 is 8.97 Å². The van der Waals surface area contributed by atoms with Crippen molar-refractivity contribution >= 4 is 17.1 Å². The van der Waals surface area contributed by atoms with E-state index in [9.17, 15) is 9.35 Å². The summed E-state index contributed by atoms with van der Waals surface area (Å²) < 4.78 is 15.9. The zero-order valence-corrected chi connectivity index (χ0v) is 7.26. The van der Waals surface area contributed by atoms with Gasteiger partial charge in [-0.25, -0.2) is 0 Å². The number of furan rings is 1. The molecular formula is C7H8NO3S. The fraction of sp³-hybridized carbons (Fsp3) is 0.286. The van der Waals surface area contributed by atoms with E-state index in [2.05, 4.69) is 0 Å². The van der Waals surface area contributed by atoms with Crippen LogP contribution < -0.4 is 5.73 Å². The molecule has 1 aromatic heterocycles. The van der Waals surface area contributed by atoms with Crippen LogP contribution in [0.15, 0.2) is 22.8 Å². The summed E-state index contributed by atoms with van der Waals surface area (Å²) in [7, 11) is 0. The predicted molar refractivity (Wildman–Crippen MR) is 43.6 cm³/mol. The number of hydrogen-bond acceptors (Lipinski definition) is 3. The first-order valence-electron chi connectivity index (χ1n) is 3.24. The first-order valence-corrected chi connectivity index (χ1v) is 4.86. The summed E-state index contributed by atoms with van der Waals surface area (Å²) >= 11 is -1.39. The topological polar surface area (TPSA) is 77.1 Å². The first kappa shape index (κ1) is 9.15. The highest BCUT2D eigenvalue weighted by atomic mass is 32.2. The van der Waals surface area contributed by atoms with E-state index >= 15 is 0 Å². The summed E-state index contributed by atoms with van der Waals surface area (Å²) in [4.78, 5) is 10.7. The third kappa shape index (κ3) is 1.80. The average Bonchev–Trinajstić information content (AvgIpc) is 2.37. The van der Waals surface area contributed by atoms with Crippen LogP contribution in [0.2, 0.25) is 0 Å². The molecule has 0 bridgehead atoms. The number of hydrogen-bond donors (Lipinski definition) is 0. The van der Waals surface area contributed by atoms with Gasteiger partial charge in [0.25, 0.3) is 11.2 Å². The van der Waals surface area contributed by atoms with Gasteiger partial charge in [-0.2, -0.15) is 0 Å². The van der Waals surface area contributed by atoms with Crippen molar-refractivity contribution in [2.45, 2.75) is 5.25 Å². The fourth-order valence-electron chi connectivity index (χ4n) is 0.884. The average molecular weight is 186 g/mol. The van der Waals surface area contributed by atoms with Crippen molar-refractivity contribution in [3.8, 4) is 0 Å². The molecule has 1 radical (unpaired) electrons. The van der Waals surface area contributed by atoms with Crippen LogP contribution in [0.5, 0.6) is 0 Å². The largest absolute Gasteiger partial charge is 0.616 e. The lowest BCUT2D eigenvalue weighted by Gasteiger charge is -2.11. The Bertz CT molecular complexity index is 258. The lowest BCUT2D eigenvalue weighted by atomic mass is 10.3. The van der Waals surface area contributed by atoms with Gasteiger partial charge in [0, 0.05) is 0 Å². The maximum Gasteiger partial charge on any atom is 0.299 e. The summed E-state index contributed by atoms with van der Waals surface area (Å²) in [6, 6.07) is 3.14. The lowest BCUT2D eigenvalue weighted by molar-refractivity contribution is -0.118. The molecule has 0 saturated carbocycles. The third-order valence-electron chi connectivity index (χ3n) is 1.37. The van der Waals surface area contributed by atoms with Crippen molar-refractivity contribution in [2.75, 3.05) is 6.26 Å². The van der Waals surface area contributed by atoms with Crippen molar-refractivity contribution in [3.63, 3.8) is 0 Å². The minimum atomic E-state index is -1.39. The molecule has 1 amide bonds. The van der Waals surface area contributed by atoms with Crippen LogP contribution in [0, 0.1) is 0 Å². The maximum atomic E-state index is 11.0. The Morgan fingerprint density at radius 1 is 1.83 bits per heavy atom. The number of carbonyl (C=O) groups excluding carboxylic acids is 1. The van der Waals surface area contributed by atoms with Crippen LogP contribution in [0.1, 0.15) is 11.0 Å². The Morgan fingerprint density at radius 3 is 2.83 bits per heavy atom. The molecule has 1 aromatic rings. The number of rotatable bonds is 3. The van der Waals surface area contributed by atoms with Crippen molar-refractivity contribution in [2.24, 2.45) is 0 Å². The van der Waals surface area contributed by atoms with E-state index in [1.54, 1.807) is 12.1 Å². The zero-order chi connectivity index (χ0) is 9.14. The van der Waals surface area contributed by atoms with Gasteiger partial charge in [0.2, 0.25) is 0 Å². The van der Waals surface area contributed by atoms with Crippen LogP contribution in [0.4, 0.5) is 0 Å². The molecule has 1 heterocycles. The Kier molecular flexibility index (Phi) is 2.78. The summed E-state index contributed by atoms with van der Waals surface area (Å²) in [6.07, 6.45) is 2.76. The van der Waals surface area contributed by atoms with Crippen molar-refractivity contribution in [3.05, 3.63) is 24.2 Å². The summed E-state index contributed by atoms with van der Waals surface area (Å²) in [5, 5.41) is -0.944. The molecule has 4 nitrogen and oxygen atoms in total. The van der Waals surface area contributed by atoms with Gasteiger partial charge in [-0.3, -0.25) is 10.5 Å². The number of nitrogens with one attached hydrogen (secondary N) is 1. The van der Waals surface area contributed by atoms with E-state index in [-0.39, 0.29) is 5.76 Å². The monoisotopic (exact) mass is 186 g/mol. The molecular weight excluding hydrogens is 178 g/mol. The molecule has 1 rings (SSSR count). The lowest BCUT2D eigenvalue weighted by Crippen LogP contribution is -2.21. The highest BCUT2D eigenvalue weighted by Crippen LogP contribution is 2.21. The van der Waals surface area contributed by atoms with Crippen molar-refractivity contribution < 1.29 is 13.8 Å². The fourth-order valence-corrected chi connectivity index (χ4v) is 1.65. The molecule has 12 heavy (non-hydrogen) atoms. The van der Waals surface area contributed by atoms with Gasteiger partial charge in [0.05, 0.1) is 12.5 Å². The Morgan fingerprint density at radius 2 is 2.50 bits per heavy atom. The van der Waals surface area contributed by atoms with Gasteiger partial charge in [-0.15, -0.1) is 0 Å². The smallest absolute Gasteiger partial charge is 0.299 e. The van der Waals surface area contributed by atoms with Gasteiger partial charge in [0.1, 0.15) is 0 Å².